The molecular weight excluding hydrogens is 254 g/mol. The van der Waals surface area contributed by atoms with E-state index in [1.54, 1.807) is 18.3 Å². The van der Waals surface area contributed by atoms with Crippen LogP contribution >= 0.6 is 11.6 Å². The molecule has 0 bridgehead atoms. The lowest BCUT2D eigenvalue weighted by atomic mass is 10.2. The molecule has 18 heavy (non-hydrogen) atoms. The summed E-state index contributed by atoms with van der Waals surface area (Å²) in [7, 11) is 0. The summed E-state index contributed by atoms with van der Waals surface area (Å²) in [4.78, 5) is 5.19. The molecule has 1 aliphatic heterocycles. The molecule has 1 aliphatic rings. The average Bonchev–Trinajstić information content (AvgIpc) is 2.40. The van der Waals surface area contributed by atoms with Gasteiger partial charge in [0.05, 0.1) is 12.8 Å². The summed E-state index contributed by atoms with van der Waals surface area (Å²) < 4.78 is 10.8. The van der Waals surface area contributed by atoms with E-state index >= 15 is 0 Å². The molecular formula is C13H16ClNO3. The van der Waals surface area contributed by atoms with Crippen LogP contribution in [0, 0.1) is 0 Å². The first-order valence-electron chi connectivity index (χ1n) is 6.02. The number of halogens is 1. The van der Waals surface area contributed by atoms with E-state index < -0.39 is 0 Å². The minimum Gasteiger partial charge on any atom is -0.488 e. The lowest BCUT2D eigenvalue weighted by Gasteiger charge is -2.19. The lowest BCUT2D eigenvalue weighted by molar-refractivity contribution is -0.161. The van der Waals surface area contributed by atoms with Crippen molar-refractivity contribution < 1.29 is 14.3 Å². The first-order chi connectivity index (χ1) is 8.84. The molecule has 1 unspecified atom stereocenters. The first-order valence-corrected chi connectivity index (χ1v) is 6.40. The van der Waals surface area contributed by atoms with Gasteiger partial charge in [-0.15, -0.1) is 0 Å². The van der Waals surface area contributed by atoms with Gasteiger partial charge in [-0.25, -0.2) is 0 Å². The summed E-state index contributed by atoms with van der Waals surface area (Å²) in [5.74, 6) is 0.711. The molecule has 0 aromatic heterocycles. The van der Waals surface area contributed by atoms with Crippen LogP contribution in [-0.2, 0) is 9.57 Å². The SMILES string of the molecule is Clc1cccc(OC/C=N\OC2CCCCO2)c1. The van der Waals surface area contributed by atoms with Gasteiger partial charge in [-0.1, -0.05) is 22.8 Å². The fraction of sp³-hybridized carbons (Fsp3) is 0.462. The van der Waals surface area contributed by atoms with Gasteiger partial charge in [-0.3, -0.25) is 0 Å². The molecule has 0 amide bonds. The van der Waals surface area contributed by atoms with Gasteiger partial charge >= 0.3 is 0 Å². The maximum Gasteiger partial charge on any atom is 0.226 e. The number of hydrogen-bond acceptors (Lipinski definition) is 4. The van der Waals surface area contributed by atoms with Crippen molar-refractivity contribution in [1.29, 1.82) is 0 Å². The summed E-state index contributed by atoms with van der Waals surface area (Å²) >= 11 is 5.83. The van der Waals surface area contributed by atoms with Crippen molar-refractivity contribution in [2.24, 2.45) is 5.16 Å². The molecule has 5 heteroatoms. The van der Waals surface area contributed by atoms with Crippen LogP contribution in [0.15, 0.2) is 29.4 Å². The highest BCUT2D eigenvalue weighted by Gasteiger charge is 2.13. The van der Waals surface area contributed by atoms with E-state index in [4.69, 9.17) is 25.9 Å². The van der Waals surface area contributed by atoms with Crippen molar-refractivity contribution >= 4 is 17.8 Å². The van der Waals surface area contributed by atoms with Crippen molar-refractivity contribution in [3.63, 3.8) is 0 Å². The molecule has 2 rings (SSSR count). The largest absolute Gasteiger partial charge is 0.488 e. The summed E-state index contributed by atoms with van der Waals surface area (Å²) in [5.41, 5.74) is 0. The van der Waals surface area contributed by atoms with Crippen molar-refractivity contribution in [3.05, 3.63) is 29.3 Å². The Balaban J connectivity index is 1.65. The lowest BCUT2D eigenvalue weighted by Crippen LogP contribution is -2.20. The predicted molar refractivity (Wildman–Crippen MR) is 70.1 cm³/mol. The second kappa shape index (κ2) is 7.24. The average molecular weight is 270 g/mol. The Morgan fingerprint density at radius 3 is 3.17 bits per heavy atom. The summed E-state index contributed by atoms with van der Waals surface area (Å²) in [6.07, 6.45) is 4.48. The van der Waals surface area contributed by atoms with E-state index in [9.17, 15) is 0 Å². The zero-order valence-corrected chi connectivity index (χ0v) is 10.8. The quantitative estimate of drug-likeness (QED) is 0.608. The van der Waals surface area contributed by atoms with E-state index in [1.165, 1.54) is 0 Å². The number of hydrogen-bond donors (Lipinski definition) is 0. The number of nitrogens with zero attached hydrogens (tertiary/aromatic N) is 1. The third-order valence-corrected chi connectivity index (χ3v) is 2.75. The van der Waals surface area contributed by atoms with Gasteiger partial charge in [0.2, 0.25) is 6.29 Å². The maximum absolute atomic E-state index is 5.83. The summed E-state index contributed by atoms with van der Waals surface area (Å²) in [6.45, 7) is 1.09. The van der Waals surface area contributed by atoms with Gasteiger partial charge in [-0.2, -0.15) is 0 Å². The first kappa shape index (κ1) is 13.2. The minimum absolute atomic E-state index is 0.207. The molecule has 1 atom stereocenters. The van der Waals surface area contributed by atoms with Crippen molar-refractivity contribution in [2.75, 3.05) is 13.2 Å². The maximum atomic E-state index is 5.83. The molecule has 0 aliphatic carbocycles. The van der Waals surface area contributed by atoms with Crippen LogP contribution in [0.5, 0.6) is 5.75 Å². The highest BCUT2D eigenvalue weighted by Crippen LogP contribution is 2.16. The van der Waals surface area contributed by atoms with E-state index in [0.717, 1.165) is 25.9 Å². The number of oxime groups is 1. The van der Waals surface area contributed by atoms with Crippen molar-refractivity contribution in [2.45, 2.75) is 25.6 Å². The Morgan fingerprint density at radius 1 is 1.44 bits per heavy atom. The predicted octanol–water partition coefficient (Wildman–Crippen LogP) is 3.25. The minimum atomic E-state index is -0.207. The Morgan fingerprint density at radius 2 is 2.39 bits per heavy atom. The molecule has 0 radical (unpaired) electrons. The van der Waals surface area contributed by atoms with Crippen LogP contribution in [0.2, 0.25) is 5.02 Å². The fourth-order valence-corrected chi connectivity index (χ4v) is 1.81. The molecule has 1 saturated heterocycles. The normalized spacial score (nSPS) is 19.9. The molecule has 1 heterocycles. The highest BCUT2D eigenvalue weighted by molar-refractivity contribution is 6.30. The van der Waals surface area contributed by atoms with Crippen LogP contribution in [0.4, 0.5) is 0 Å². The van der Waals surface area contributed by atoms with Crippen LogP contribution < -0.4 is 4.74 Å². The molecule has 0 saturated carbocycles. The third-order valence-electron chi connectivity index (χ3n) is 2.51. The topological polar surface area (TPSA) is 40.0 Å². The van der Waals surface area contributed by atoms with Crippen LogP contribution in [0.25, 0.3) is 0 Å². The van der Waals surface area contributed by atoms with E-state index in [2.05, 4.69) is 5.16 Å². The van der Waals surface area contributed by atoms with E-state index in [1.807, 2.05) is 12.1 Å². The molecule has 0 N–H and O–H groups in total. The summed E-state index contributed by atoms with van der Waals surface area (Å²) in [6, 6.07) is 7.22. The van der Waals surface area contributed by atoms with Crippen molar-refractivity contribution in [1.82, 2.24) is 0 Å². The Labute approximate surface area is 111 Å². The fourth-order valence-electron chi connectivity index (χ4n) is 1.63. The molecule has 1 fully saturated rings. The van der Waals surface area contributed by atoms with Crippen LogP contribution in [0.3, 0.4) is 0 Å². The van der Waals surface area contributed by atoms with E-state index in [-0.39, 0.29) is 6.29 Å². The monoisotopic (exact) mass is 269 g/mol. The number of benzene rings is 1. The van der Waals surface area contributed by atoms with Gasteiger partial charge in [-0.05, 0) is 31.0 Å². The molecule has 4 nitrogen and oxygen atoms in total. The van der Waals surface area contributed by atoms with E-state index in [0.29, 0.717) is 17.4 Å². The Kier molecular flexibility index (Phi) is 5.30. The summed E-state index contributed by atoms with van der Waals surface area (Å²) in [5, 5.41) is 4.47. The number of rotatable bonds is 5. The molecule has 1 aromatic carbocycles. The van der Waals surface area contributed by atoms with Gasteiger partial charge in [0.25, 0.3) is 0 Å². The standard InChI is InChI=1S/C13H16ClNO3/c14-11-4-3-5-12(10-11)16-9-7-15-18-13-6-1-2-8-17-13/h3-5,7,10,13H,1-2,6,8-9H2/b15-7-. The zero-order valence-electron chi connectivity index (χ0n) is 10.0. The van der Waals surface area contributed by atoms with Gasteiger partial charge in [0.1, 0.15) is 12.4 Å². The highest BCUT2D eigenvalue weighted by atomic mass is 35.5. The Bertz CT molecular complexity index is 392. The molecule has 98 valence electrons. The Hall–Kier alpha value is -1.26. The second-order valence-electron chi connectivity index (χ2n) is 3.96. The molecule has 0 spiro atoms. The third kappa shape index (κ3) is 4.55. The van der Waals surface area contributed by atoms with Gasteiger partial charge in [0.15, 0.2) is 0 Å². The zero-order chi connectivity index (χ0) is 12.6. The van der Waals surface area contributed by atoms with Crippen LogP contribution in [-0.4, -0.2) is 25.7 Å². The number of ether oxygens (including phenoxy) is 2. The smallest absolute Gasteiger partial charge is 0.226 e. The van der Waals surface area contributed by atoms with Gasteiger partial charge in [0, 0.05) is 11.4 Å². The molecule has 1 aromatic rings. The van der Waals surface area contributed by atoms with Crippen molar-refractivity contribution in [3.8, 4) is 5.75 Å². The van der Waals surface area contributed by atoms with Crippen LogP contribution in [0.1, 0.15) is 19.3 Å². The van der Waals surface area contributed by atoms with Gasteiger partial charge < -0.3 is 14.3 Å². The second-order valence-corrected chi connectivity index (χ2v) is 4.39.